The third-order valence-electron chi connectivity index (χ3n) is 3.00. The zero-order valence-electron chi connectivity index (χ0n) is 12.1. The fraction of sp³-hybridized carbons (Fsp3) is 0.500. The van der Waals surface area contributed by atoms with Gasteiger partial charge in [0.05, 0.1) is 4.90 Å². The van der Waals surface area contributed by atoms with Crippen molar-refractivity contribution in [3.05, 3.63) is 29.8 Å². The lowest BCUT2D eigenvalue weighted by molar-refractivity contribution is 0.435. The maximum atomic E-state index is 11.9. The molecule has 3 N–H and O–H groups in total. The summed E-state index contributed by atoms with van der Waals surface area (Å²) in [5, 5.41) is 5.00. The van der Waals surface area contributed by atoms with Crippen molar-refractivity contribution >= 4 is 20.2 Å². The van der Waals surface area contributed by atoms with Crippen molar-refractivity contribution in [2.75, 3.05) is 19.6 Å². The fourth-order valence-electron chi connectivity index (χ4n) is 1.82. The Bertz CT molecular complexity index is 650. The molecule has 0 amide bonds. The predicted octanol–water partition coefficient (Wildman–Crippen LogP) is 0.0527. The maximum absolute atomic E-state index is 11.9. The number of sulfonamides is 1. The average Bonchev–Trinajstić information content (AvgIpc) is 2.39. The second kappa shape index (κ2) is 7.32. The quantitative estimate of drug-likeness (QED) is 0.699. The first-order valence-corrected chi connectivity index (χ1v) is 9.55. The summed E-state index contributed by atoms with van der Waals surface area (Å²) in [5.74, 6) is 0. The molecule has 0 aliphatic carbocycles. The molecule has 0 aliphatic rings. The van der Waals surface area contributed by atoms with Gasteiger partial charge in [0.15, 0.2) is 0 Å². The summed E-state index contributed by atoms with van der Waals surface area (Å²) in [6.07, 6.45) is 0.464. The van der Waals surface area contributed by atoms with Crippen LogP contribution in [0, 0.1) is 0 Å². The Balaban J connectivity index is 2.61. The normalized spacial score (nSPS) is 12.8. The van der Waals surface area contributed by atoms with Crippen LogP contribution in [0.1, 0.15) is 19.4 Å². The van der Waals surface area contributed by atoms with Crippen LogP contribution >= 0.6 is 0 Å². The molecule has 0 spiro atoms. The Kier molecular flexibility index (Phi) is 6.29. The molecule has 0 aliphatic heterocycles. The van der Waals surface area contributed by atoms with Gasteiger partial charge >= 0.3 is 0 Å². The third-order valence-corrected chi connectivity index (χ3v) is 5.69. The van der Waals surface area contributed by atoms with Gasteiger partial charge in [-0.2, -0.15) is 12.7 Å². The maximum Gasteiger partial charge on any atom is 0.279 e. The molecule has 9 heteroatoms. The third kappa shape index (κ3) is 5.36. The number of hydrogen-bond acceptors (Lipinski definition) is 4. The van der Waals surface area contributed by atoms with E-state index in [1.165, 1.54) is 16.4 Å². The molecule has 1 rings (SSSR count). The van der Waals surface area contributed by atoms with Crippen LogP contribution in [0.15, 0.2) is 29.2 Å². The summed E-state index contributed by atoms with van der Waals surface area (Å²) in [6, 6.07) is 6.05. The van der Waals surface area contributed by atoms with Gasteiger partial charge in [-0.15, -0.1) is 0 Å². The number of nitrogens with two attached hydrogens (primary N) is 1. The summed E-state index contributed by atoms with van der Waals surface area (Å²) < 4.78 is 49.8. The van der Waals surface area contributed by atoms with Gasteiger partial charge in [-0.1, -0.05) is 26.0 Å². The number of nitrogens with zero attached hydrogens (tertiary/aromatic N) is 1. The van der Waals surface area contributed by atoms with Gasteiger partial charge in [0, 0.05) is 19.6 Å². The number of nitrogens with one attached hydrogen (secondary N) is 1. The summed E-state index contributed by atoms with van der Waals surface area (Å²) in [7, 11) is -7.16. The van der Waals surface area contributed by atoms with E-state index in [9.17, 15) is 16.8 Å². The van der Waals surface area contributed by atoms with Crippen LogP contribution < -0.4 is 9.86 Å². The van der Waals surface area contributed by atoms with E-state index in [2.05, 4.69) is 4.72 Å². The molecule has 1 aromatic carbocycles. The van der Waals surface area contributed by atoms with Crippen LogP contribution in [0.4, 0.5) is 0 Å². The molecule has 0 aromatic heterocycles. The Labute approximate surface area is 126 Å². The van der Waals surface area contributed by atoms with Gasteiger partial charge in [-0.05, 0) is 24.1 Å². The summed E-state index contributed by atoms with van der Waals surface area (Å²) >= 11 is 0. The van der Waals surface area contributed by atoms with E-state index in [4.69, 9.17) is 5.14 Å². The van der Waals surface area contributed by atoms with Crippen molar-refractivity contribution < 1.29 is 16.8 Å². The molecule has 1 aromatic rings. The lowest BCUT2D eigenvalue weighted by Crippen LogP contribution is -2.41. The number of hydrogen-bond donors (Lipinski definition) is 2. The molecule has 0 unspecified atom stereocenters. The van der Waals surface area contributed by atoms with E-state index in [0.717, 1.165) is 5.56 Å². The van der Waals surface area contributed by atoms with Crippen molar-refractivity contribution in [3.8, 4) is 0 Å². The van der Waals surface area contributed by atoms with Crippen LogP contribution in [-0.4, -0.2) is 40.8 Å². The van der Waals surface area contributed by atoms with Gasteiger partial charge in [0.1, 0.15) is 0 Å². The van der Waals surface area contributed by atoms with E-state index in [0.29, 0.717) is 19.5 Å². The molecular formula is C12H21N3O4S2. The van der Waals surface area contributed by atoms with Crippen LogP contribution in [0.2, 0.25) is 0 Å². The average molecular weight is 335 g/mol. The number of benzene rings is 1. The lowest BCUT2D eigenvalue weighted by atomic mass is 10.2. The molecule has 0 radical (unpaired) electrons. The zero-order chi connectivity index (χ0) is 16.1. The highest BCUT2D eigenvalue weighted by atomic mass is 32.2. The fourth-order valence-corrected chi connectivity index (χ4v) is 3.56. The summed E-state index contributed by atoms with van der Waals surface area (Å²) in [4.78, 5) is 0.0370. The van der Waals surface area contributed by atoms with Crippen molar-refractivity contribution in [2.45, 2.75) is 25.2 Å². The number of rotatable bonds is 8. The van der Waals surface area contributed by atoms with Gasteiger partial charge in [-0.25, -0.2) is 18.3 Å². The van der Waals surface area contributed by atoms with Crippen LogP contribution in [0.5, 0.6) is 0 Å². The van der Waals surface area contributed by atoms with Gasteiger partial charge in [-0.3, -0.25) is 0 Å². The van der Waals surface area contributed by atoms with Gasteiger partial charge in [0.25, 0.3) is 10.2 Å². The summed E-state index contributed by atoms with van der Waals surface area (Å²) in [6.45, 7) is 4.61. The smallest absolute Gasteiger partial charge is 0.225 e. The second-order valence-corrected chi connectivity index (χ2v) is 7.74. The largest absolute Gasteiger partial charge is 0.279 e. The van der Waals surface area contributed by atoms with Crippen molar-refractivity contribution in [3.63, 3.8) is 0 Å². The Morgan fingerprint density at radius 1 is 1.05 bits per heavy atom. The lowest BCUT2D eigenvalue weighted by Gasteiger charge is -2.18. The molecule has 0 saturated carbocycles. The molecule has 0 heterocycles. The van der Waals surface area contributed by atoms with E-state index < -0.39 is 20.2 Å². The first kappa shape index (κ1) is 18.1. The van der Waals surface area contributed by atoms with Crippen molar-refractivity contribution in [2.24, 2.45) is 5.14 Å². The van der Waals surface area contributed by atoms with E-state index in [-0.39, 0.29) is 11.4 Å². The van der Waals surface area contributed by atoms with Crippen molar-refractivity contribution in [1.82, 2.24) is 9.03 Å². The zero-order valence-corrected chi connectivity index (χ0v) is 13.7. The van der Waals surface area contributed by atoms with Crippen LogP contribution in [0.3, 0.4) is 0 Å². The first-order valence-electron chi connectivity index (χ1n) is 6.57. The monoisotopic (exact) mass is 335 g/mol. The topological polar surface area (TPSA) is 110 Å². The molecule has 0 saturated heterocycles. The molecule has 7 nitrogen and oxygen atoms in total. The Morgan fingerprint density at radius 3 is 2.00 bits per heavy atom. The Hall–Kier alpha value is -1.00. The SMILES string of the molecule is CCN(CC)S(=O)(=O)NCCc1ccc(S(N)(=O)=O)cc1. The summed E-state index contributed by atoms with van der Waals surface area (Å²) in [5.41, 5.74) is 0.824. The molecular weight excluding hydrogens is 314 g/mol. The molecule has 0 fully saturated rings. The minimum absolute atomic E-state index is 0.0370. The van der Waals surface area contributed by atoms with Crippen molar-refractivity contribution in [1.29, 1.82) is 0 Å². The highest BCUT2D eigenvalue weighted by Gasteiger charge is 2.17. The van der Waals surface area contributed by atoms with E-state index in [1.54, 1.807) is 26.0 Å². The van der Waals surface area contributed by atoms with E-state index >= 15 is 0 Å². The predicted molar refractivity (Wildman–Crippen MR) is 81.4 cm³/mol. The molecule has 120 valence electrons. The van der Waals surface area contributed by atoms with Crippen LogP contribution in [0.25, 0.3) is 0 Å². The minimum atomic E-state index is -3.70. The molecule has 0 bridgehead atoms. The highest BCUT2D eigenvalue weighted by Crippen LogP contribution is 2.09. The van der Waals surface area contributed by atoms with Gasteiger partial charge < -0.3 is 0 Å². The second-order valence-electron chi connectivity index (χ2n) is 4.42. The van der Waals surface area contributed by atoms with Crippen LogP contribution in [-0.2, 0) is 26.7 Å². The highest BCUT2D eigenvalue weighted by molar-refractivity contribution is 7.89. The number of primary sulfonamides is 1. The van der Waals surface area contributed by atoms with E-state index in [1.807, 2.05) is 0 Å². The Morgan fingerprint density at radius 2 is 1.57 bits per heavy atom. The molecule has 0 atom stereocenters. The van der Waals surface area contributed by atoms with Gasteiger partial charge in [0.2, 0.25) is 10.0 Å². The molecule has 21 heavy (non-hydrogen) atoms. The minimum Gasteiger partial charge on any atom is -0.225 e. The first-order chi connectivity index (χ1) is 9.70. The standard InChI is InChI=1S/C12H21N3O4S2/c1-3-15(4-2)21(18,19)14-10-9-11-5-7-12(8-6-11)20(13,16)17/h5-8,14H,3-4,9-10H2,1-2H3,(H2,13,16,17).